The van der Waals surface area contributed by atoms with Gasteiger partial charge in [-0.25, -0.2) is 0 Å². The monoisotopic (exact) mass is 290 g/mol. The van der Waals surface area contributed by atoms with E-state index in [1.165, 1.54) is 12.8 Å². The number of nitrogens with zero attached hydrogens (tertiary/aromatic N) is 2. The van der Waals surface area contributed by atoms with Gasteiger partial charge in [0.15, 0.2) is 0 Å². The highest BCUT2D eigenvalue weighted by molar-refractivity contribution is 5.97. The lowest BCUT2D eigenvalue weighted by molar-refractivity contribution is 0.0817. The van der Waals surface area contributed by atoms with E-state index in [9.17, 15) is 4.79 Å². The Bertz CT molecular complexity index is 577. The van der Waals surface area contributed by atoms with Crippen molar-refractivity contribution in [3.8, 4) is 0 Å². The van der Waals surface area contributed by atoms with Gasteiger partial charge in [0.05, 0.1) is 11.9 Å². The van der Waals surface area contributed by atoms with Gasteiger partial charge in [-0.05, 0) is 42.9 Å². The highest BCUT2D eigenvalue weighted by Crippen LogP contribution is 2.65. The first-order chi connectivity index (χ1) is 9.81. The third kappa shape index (κ3) is 1.82. The van der Waals surface area contributed by atoms with Gasteiger partial charge in [0.1, 0.15) is 5.69 Å². The third-order valence-corrected chi connectivity index (χ3v) is 6.48. The first kappa shape index (κ1) is 14.4. The lowest BCUT2D eigenvalue weighted by Crippen LogP contribution is -2.47. The summed E-state index contributed by atoms with van der Waals surface area (Å²) in [5, 5.41) is 7.40. The number of nitrogens with two attached hydrogens (primary N) is 1. The van der Waals surface area contributed by atoms with Gasteiger partial charge in [0.25, 0.3) is 5.91 Å². The zero-order chi connectivity index (χ0) is 15.4. The van der Waals surface area contributed by atoms with Crippen molar-refractivity contribution in [2.75, 3.05) is 5.73 Å². The van der Waals surface area contributed by atoms with Crippen molar-refractivity contribution < 1.29 is 4.79 Å². The van der Waals surface area contributed by atoms with Gasteiger partial charge >= 0.3 is 0 Å². The van der Waals surface area contributed by atoms with E-state index < -0.39 is 0 Å². The molecule has 2 fully saturated rings. The summed E-state index contributed by atoms with van der Waals surface area (Å²) in [6.45, 7) is 9.63. The van der Waals surface area contributed by atoms with Crippen molar-refractivity contribution >= 4 is 11.6 Å². The predicted molar refractivity (Wildman–Crippen MR) is 82.8 cm³/mol. The molecule has 0 aromatic carbocycles. The second-order valence-corrected chi connectivity index (χ2v) is 7.40. The maximum absolute atomic E-state index is 12.6. The van der Waals surface area contributed by atoms with E-state index in [-0.39, 0.29) is 17.4 Å². The maximum Gasteiger partial charge on any atom is 0.271 e. The summed E-state index contributed by atoms with van der Waals surface area (Å²) in [6, 6.07) is 0.235. The van der Waals surface area contributed by atoms with Crippen molar-refractivity contribution in [3.05, 3.63) is 11.9 Å². The molecule has 1 amide bonds. The largest absolute Gasteiger partial charge is 0.396 e. The van der Waals surface area contributed by atoms with Crippen LogP contribution in [0.2, 0.25) is 0 Å². The molecule has 1 heterocycles. The number of nitrogen functional groups attached to an aromatic ring is 1. The third-order valence-electron chi connectivity index (χ3n) is 6.48. The number of rotatable bonds is 3. The molecule has 0 saturated heterocycles. The summed E-state index contributed by atoms with van der Waals surface area (Å²) < 4.78 is 1.67. The average Bonchev–Trinajstić information content (AvgIpc) is 2.96. The molecule has 0 radical (unpaired) electrons. The van der Waals surface area contributed by atoms with Gasteiger partial charge in [0.2, 0.25) is 0 Å². The number of anilines is 1. The Morgan fingerprint density at radius 3 is 2.76 bits per heavy atom. The summed E-state index contributed by atoms with van der Waals surface area (Å²) in [4.78, 5) is 12.6. The van der Waals surface area contributed by atoms with E-state index in [0.29, 0.717) is 29.3 Å². The second kappa shape index (κ2) is 4.49. The Labute approximate surface area is 126 Å². The van der Waals surface area contributed by atoms with Crippen molar-refractivity contribution in [2.45, 2.75) is 59.5 Å². The molecule has 1 aromatic rings. The number of fused-ring (bicyclic) bond motifs is 2. The zero-order valence-corrected chi connectivity index (χ0v) is 13.4. The van der Waals surface area contributed by atoms with E-state index >= 15 is 0 Å². The number of carbonyl (C=O) groups is 1. The number of carbonyl (C=O) groups excluding carboxylic acids is 1. The second-order valence-electron chi connectivity index (χ2n) is 7.40. The van der Waals surface area contributed by atoms with Crippen molar-refractivity contribution in [3.63, 3.8) is 0 Å². The number of hydrogen-bond acceptors (Lipinski definition) is 3. The maximum atomic E-state index is 12.6. The fourth-order valence-electron chi connectivity index (χ4n) is 4.54. The minimum absolute atomic E-state index is 0.0820. The summed E-state index contributed by atoms with van der Waals surface area (Å²) in [5.41, 5.74) is 7.34. The fraction of sp³-hybridized carbons (Fsp3) is 0.750. The topological polar surface area (TPSA) is 72.9 Å². The molecule has 3 atom stereocenters. The summed E-state index contributed by atoms with van der Waals surface area (Å²) in [5.74, 6) is 0.627. The van der Waals surface area contributed by atoms with Crippen LogP contribution in [0.1, 0.15) is 57.4 Å². The SMILES string of the molecule is CCn1ncc(N)c1C(=O)NC1CC2CCC1(C)C2(C)C. The molecule has 2 bridgehead atoms. The highest BCUT2D eigenvalue weighted by Gasteiger charge is 2.61. The van der Waals surface area contributed by atoms with Crippen LogP contribution < -0.4 is 11.1 Å². The molecular formula is C16H26N4O. The standard InChI is InChI=1S/C16H26N4O/c1-5-20-13(11(17)9-18-20)14(21)19-12-8-10-6-7-16(12,4)15(10,2)3/h9-10,12H,5-8,17H2,1-4H3,(H,19,21). The van der Waals surface area contributed by atoms with Gasteiger partial charge < -0.3 is 11.1 Å². The van der Waals surface area contributed by atoms with Crippen LogP contribution >= 0.6 is 0 Å². The molecule has 5 heteroatoms. The van der Waals surface area contributed by atoms with Gasteiger partial charge in [-0.2, -0.15) is 5.10 Å². The van der Waals surface area contributed by atoms with Crippen LogP contribution in [0.4, 0.5) is 5.69 Å². The molecule has 2 saturated carbocycles. The van der Waals surface area contributed by atoms with Crippen LogP contribution in [0.5, 0.6) is 0 Å². The van der Waals surface area contributed by atoms with Crippen molar-refractivity contribution in [1.82, 2.24) is 15.1 Å². The average molecular weight is 290 g/mol. The van der Waals surface area contributed by atoms with E-state index in [1.54, 1.807) is 10.9 Å². The van der Waals surface area contributed by atoms with Crippen molar-refractivity contribution in [1.29, 1.82) is 0 Å². The number of nitrogens with one attached hydrogen (secondary N) is 1. The molecule has 21 heavy (non-hydrogen) atoms. The Morgan fingerprint density at radius 1 is 1.52 bits per heavy atom. The molecule has 5 nitrogen and oxygen atoms in total. The summed E-state index contributed by atoms with van der Waals surface area (Å²) in [7, 11) is 0. The fourth-order valence-corrected chi connectivity index (χ4v) is 4.54. The summed E-state index contributed by atoms with van der Waals surface area (Å²) in [6.07, 6.45) is 5.11. The van der Waals surface area contributed by atoms with Gasteiger partial charge in [-0.3, -0.25) is 9.48 Å². The Morgan fingerprint density at radius 2 is 2.24 bits per heavy atom. The van der Waals surface area contributed by atoms with Crippen molar-refractivity contribution in [2.24, 2.45) is 16.7 Å². The smallest absolute Gasteiger partial charge is 0.271 e. The summed E-state index contributed by atoms with van der Waals surface area (Å²) >= 11 is 0. The Balaban J connectivity index is 1.82. The van der Waals surface area contributed by atoms with Crippen LogP contribution in [0.3, 0.4) is 0 Å². The Kier molecular flexibility index (Phi) is 3.08. The Hall–Kier alpha value is -1.52. The number of aryl methyl sites for hydroxylation is 1. The zero-order valence-electron chi connectivity index (χ0n) is 13.4. The number of amides is 1. The molecular weight excluding hydrogens is 264 g/mol. The van der Waals surface area contributed by atoms with Crippen LogP contribution in [0.25, 0.3) is 0 Å². The first-order valence-electron chi connectivity index (χ1n) is 7.93. The molecule has 3 rings (SSSR count). The molecule has 1 aromatic heterocycles. The lowest BCUT2D eigenvalue weighted by atomic mass is 9.69. The van der Waals surface area contributed by atoms with Gasteiger partial charge in [-0.15, -0.1) is 0 Å². The van der Waals surface area contributed by atoms with E-state index in [0.717, 1.165) is 6.42 Å². The van der Waals surface area contributed by atoms with Gasteiger partial charge in [0, 0.05) is 12.6 Å². The molecule has 2 aliphatic rings. The van der Waals surface area contributed by atoms with Crippen LogP contribution in [-0.2, 0) is 6.54 Å². The molecule has 116 valence electrons. The molecule has 2 aliphatic carbocycles. The van der Waals surface area contributed by atoms with E-state index in [1.807, 2.05) is 6.92 Å². The molecule has 0 aliphatic heterocycles. The van der Waals surface area contributed by atoms with E-state index in [4.69, 9.17) is 5.73 Å². The first-order valence-corrected chi connectivity index (χ1v) is 7.93. The number of aromatic nitrogens is 2. The lowest BCUT2D eigenvalue weighted by Gasteiger charge is -2.39. The molecule has 3 N–H and O–H groups in total. The molecule has 3 unspecified atom stereocenters. The highest BCUT2D eigenvalue weighted by atomic mass is 16.2. The molecule has 0 spiro atoms. The van der Waals surface area contributed by atoms with Gasteiger partial charge in [-0.1, -0.05) is 20.8 Å². The van der Waals surface area contributed by atoms with E-state index in [2.05, 4.69) is 31.2 Å². The van der Waals surface area contributed by atoms with Crippen LogP contribution in [0, 0.1) is 16.7 Å². The van der Waals surface area contributed by atoms with Crippen LogP contribution in [0.15, 0.2) is 6.20 Å². The number of hydrogen-bond donors (Lipinski definition) is 2. The normalized spacial score (nSPS) is 33.3. The van der Waals surface area contributed by atoms with Crippen LogP contribution in [-0.4, -0.2) is 21.7 Å². The minimum Gasteiger partial charge on any atom is -0.396 e. The predicted octanol–water partition coefficient (Wildman–Crippen LogP) is 2.43. The quantitative estimate of drug-likeness (QED) is 0.898. The minimum atomic E-state index is -0.0820.